The first kappa shape index (κ1) is 19.6. The van der Waals surface area contributed by atoms with Crippen molar-refractivity contribution in [2.24, 2.45) is 5.41 Å². The van der Waals surface area contributed by atoms with Crippen LogP contribution in [0.25, 0.3) is 10.9 Å². The van der Waals surface area contributed by atoms with Crippen LogP contribution >= 0.6 is 0 Å². The molecule has 29 heavy (non-hydrogen) atoms. The van der Waals surface area contributed by atoms with Crippen LogP contribution in [-0.4, -0.2) is 26.1 Å². The van der Waals surface area contributed by atoms with Crippen LogP contribution in [0.3, 0.4) is 0 Å². The molecule has 1 amide bonds. The highest BCUT2D eigenvalue weighted by Gasteiger charge is 2.35. The summed E-state index contributed by atoms with van der Waals surface area (Å²) in [6, 6.07) is 5.82. The van der Waals surface area contributed by atoms with E-state index in [0.717, 1.165) is 46.4 Å². The van der Waals surface area contributed by atoms with Crippen LogP contribution in [0.15, 0.2) is 24.4 Å². The molecule has 152 valence electrons. The number of nitrogens with zero attached hydrogens (tertiary/aromatic N) is 3. The molecular weight excluding hydrogens is 362 g/mol. The molecular formula is C23H29N5O. The van der Waals surface area contributed by atoms with Gasteiger partial charge in [0.15, 0.2) is 5.69 Å². The molecule has 0 saturated carbocycles. The molecule has 0 spiro atoms. The maximum Gasteiger partial charge on any atom is 0.272 e. The summed E-state index contributed by atoms with van der Waals surface area (Å²) in [7, 11) is 0. The van der Waals surface area contributed by atoms with Crippen LogP contribution in [0.2, 0.25) is 0 Å². The van der Waals surface area contributed by atoms with Crippen molar-refractivity contribution in [3.63, 3.8) is 0 Å². The van der Waals surface area contributed by atoms with E-state index in [1.54, 1.807) is 0 Å². The highest BCUT2D eigenvalue weighted by molar-refractivity contribution is 6.04. The lowest BCUT2D eigenvalue weighted by atomic mass is 9.74. The van der Waals surface area contributed by atoms with Gasteiger partial charge in [0.2, 0.25) is 0 Å². The lowest BCUT2D eigenvalue weighted by Gasteiger charge is -2.37. The van der Waals surface area contributed by atoms with Gasteiger partial charge in [-0.1, -0.05) is 46.2 Å². The number of hydrogen-bond donors (Lipinski definition) is 2. The molecule has 2 N–H and O–H groups in total. The van der Waals surface area contributed by atoms with E-state index >= 15 is 0 Å². The van der Waals surface area contributed by atoms with Gasteiger partial charge in [-0.25, -0.2) is 9.97 Å². The van der Waals surface area contributed by atoms with E-state index < -0.39 is 0 Å². The average molecular weight is 392 g/mol. The smallest absolute Gasteiger partial charge is 0.272 e. The van der Waals surface area contributed by atoms with Gasteiger partial charge in [-0.15, -0.1) is 0 Å². The first-order chi connectivity index (χ1) is 13.5. The minimum absolute atomic E-state index is 0.0404. The summed E-state index contributed by atoms with van der Waals surface area (Å²) in [5, 5.41) is 11.3. The zero-order valence-corrected chi connectivity index (χ0v) is 18.1. The second-order valence-electron chi connectivity index (χ2n) is 10.0. The first-order valence-corrected chi connectivity index (χ1v) is 10.2. The van der Waals surface area contributed by atoms with Crippen molar-refractivity contribution in [2.45, 2.75) is 65.8 Å². The van der Waals surface area contributed by atoms with E-state index in [1.807, 2.05) is 31.3 Å². The molecule has 0 fully saturated rings. The normalized spacial score (nSPS) is 18.5. The van der Waals surface area contributed by atoms with Crippen LogP contribution in [0.5, 0.6) is 0 Å². The maximum atomic E-state index is 13.1. The number of hydrogen-bond acceptors (Lipinski definition) is 4. The highest BCUT2D eigenvalue weighted by Crippen LogP contribution is 2.40. The Labute approximate surface area is 171 Å². The summed E-state index contributed by atoms with van der Waals surface area (Å²) in [4.78, 5) is 22.6. The van der Waals surface area contributed by atoms with Crippen LogP contribution in [0, 0.1) is 12.3 Å². The lowest BCUT2D eigenvalue weighted by Crippen LogP contribution is -2.38. The van der Waals surface area contributed by atoms with E-state index in [2.05, 4.69) is 55.1 Å². The summed E-state index contributed by atoms with van der Waals surface area (Å²) in [6.45, 7) is 12.8. The van der Waals surface area contributed by atoms with Gasteiger partial charge >= 0.3 is 0 Å². The molecule has 0 saturated heterocycles. The zero-order valence-electron chi connectivity index (χ0n) is 18.1. The van der Waals surface area contributed by atoms with Gasteiger partial charge in [0.05, 0.1) is 11.6 Å². The van der Waals surface area contributed by atoms with Crippen LogP contribution in [0.4, 0.5) is 0 Å². The van der Waals surface area contributed by atoms with Crippen LogP contribution < -0.4 is 5.32 Å². The van der Waals surface area contributed by atoms with Crippen LogP contribution in [-0.2, 0) is 11.8 Å². The Morgan fingerprint density at radius 3 is 2.76 bits per heavy atom. The number of fused-ring (bicyclic) bond motifs is 2. The topological polar surface area (TPSA) is 83.6 Å². The van der Waals surface area contributed by atoms with E-state index in [-0.39, 0.29) is 22.8 Å². The predicted octanol–water partition coefficient (Wildman–Crippen LogP) is 4.40. The molecule has 2 aromatic heterocycles. The van der Waals surface area contributed by atoms with Crippen molar-refractivity contribution in [3.05, 3.63) is 52.7 Å². The molecule has 4 rings (SSSR count). The first-order valence-electron chi connectivity index (χ1n) is 10.2. The number of aromatic nitrogens is 4. The van der Waals surface area contributed by atoms with E-state index in [9.17, 15) is 4.79 Å². The van der Waals surface area contributed by atoms with Crippen LogP contribution in [0.1, 0.15) is 80.2 Å². The molecule has 1 atom stereocenters. The Hall–Kier alpha value is -2.76. The van der Waals surface area contributed by atoms with E-state index in [1.165, 1.54) is 0 Å². The number of aryl methyl sites for hydroxylation is 1. The lowest BCUT2D eigenvalue weighted by molar-refractivity contribution is 0.0915. The number of amides is 1. The Morgan fingerprint density at radius 1 is 1.28 bits per heavy atom. The minimum atomic E-state index is -0.171. The highest BCUT2D eigenvalue weighted by atomic mass is 16.2. The Bertz CT molecular complexity index is 1090. The van der Waals surface area contributed by atoms with Gasteiger partial charge in [0.25, 0.3) is 5.91 Å². The monoisotopic (exact) mass is 391 g/mol. The second kappa shape index (κ2) is 6.65. The van der Waals surface area contributed by atoms with Gasteiger partial charge in [-0.3, -0.25) is 9.89 Å². The fraction of sp³-hybridized carbons (Fsp3) is 0.478. The third-order valence-corrected chi connectivity index (χ3v) is 5.59. The molecule has 0 aliphatic heterocycles. The Balaban J connectivity index is 1.68. The zero-order chi connectivity index (χ0) is 21.0. The summed E-state index contributed by atoms with van der Waals surface area (Å²) >= 11 is 0. The van der Waals surface area contributed by atoms with Crippen molar-refractivity contribution in [1.29, 1.82) is 0 Å². The number of rotatable bonds is 2. The van der Waals surface area contributed by atoms with Crippen molar-refractivity contribution < 1.29 is 4.79 Å². The fourth-order valence-corrected chi connectivity index (χ4v) is 4.06. The molecule has 1 unspecified atom stereocenters. The van der Waals surface area contributed by atoms with Gasteiger partial charge in [-0.05, 0) is 37.3 Å². The second-order valence-corrected chi connectivity index (χ2v) is 10.0. The van der Waals surface area contributed by atoms with Crippen molar-refractivity contribution in [1.82, 2.24) is 25.5 Å². The number of aromatic amines is 1. The Kier molecular flexibility index (Phi) is 4.48. The van der Waals surface area contributed by atoms with E-state index in [0.29, 0.717) is 5.69 Å². The molecule has 2 heterocycles. The van der Waals surface area contributed by atoms with Crippen molar-refractivity contribution >= 4 is 16.8 Å². The number of carbonyl (C=O) groups is 1. The molecule has 1 aromatic carbocycles. The summed E-state index contributed by atoms with van der Waals surface area (Å²) < 4.78 is 0. The number of H-pyrrole nitrogens is 1. The molecule has 1 aliphatic carbocycles. The number of carbonyl (C=O) groups excluding carboxylic acids is 1. The quantitative estimate of drug-likeness (QED) is 0.678. The van der Waals surface area contributed by atoms with Gasteiger partial charge in [0, 0.05) is 28.3 Å². The van der Waals surface area contributed by atoms with Gasteiger partial charge < -0.3 is 5.32 Å². The van der Waals surface area contributed by atoms with Crippen molar-refractivity contribution in [2.75, 3.05) is 0 Å². The third-order valence-electron chi connectivity index (χ3n) is 5.59. The maximum absolute atomic E-state index is 13.1. The molecule has 0 bridgehead atoms. The van der Waals surface area contributed by atoms with E-state index in [4.69, 9.17) is 4.98 Å². The summed E-state index contributed by atoms with van der Waals surface area (Å²) in [6.07, 6.45) is 3.62. The van der Waals surface area contributed by atoms with Crippen molar-refractivity contribution in [3.8, 4) is 0 Å². The Morgan fingerprint density at radius 2 is 2.03 bits per heavy atom. The molecule has 6 heteroatoms. The number of nitrogens with one attached hydrogen (secondary N) is 2. The molecule has 3 aromatic rings. The fourth-order valence-electron chi connectivity index (χ4n) is 4.06. The minimum Gasteiger partial charge on any atom is -0.344 e. The summed E-state index contributed by atoms with van der Waals surface area (Å²) in [5.41, 5.74) is 4.38. The molecule has 0 radical (unpaired) electrons. The number of benzene rings is 1. The standard InChI is InChI=1S/C23H29N5O/c1-13-7-8-16-14(9-13)19(28-27-16)20(29)25-17-10-23(5,6)11-18-15(17)12-24-21(26-18)22(2,3)4/h7-9,12,17H,10-11H2,1-6H3,(H,25,29)(H,27,28). The molecule has 6 nitrogen and oxygen atoms in total. The third kappa shape index (κ3) is 3.76. The molecule has 1 aliphatic rings. The predicted molar refractivity (Wildman–Crippen MR) is 114 cm³/mol. The van der Waals surface area contributed by atoms with Gasteiger partial charge in [0.1, 0.15) is 5.82 Å². The summed E-state index contributed by atoms with van der Waals surface area (Å²) in [5.74, 6) is 0.670. The average Bonchev–Trinajstić information content (AvgIpc) is 3.02. The van der Waals surface area contributed by atoms with Gasteiger partial charge in [-0.2, -0.15) is 5.10 Å². The SMILES string of the molecule is Cc1ccc2[nH]nc(C(=O)NC3CC(C)(C)Cc4nc(C(C)(C)C)ncc43)c2c1. The largest absolute Gasteiger partial charge is 0.344 e.